The normalized spacial score (nSPS) is 15.5. The first-order valence-electron chi connectivity index (χ1n) is 5.91. The predicted octanol–water partition coefficient (Wildman–Crippen LogP) is -0.497. The lowest BCUT2D eigenvalue weighted by Gasteiger charge is -2.29. The smallest absolute Gasteiger partial charge is 0.324 e. The molecule has 1 fully saturated rings. The molecule has 2 rings (SSSR count). The molecular weight excluding hydrogens is 278 g/mol. The largest absolute Gasteiger partial charge is 0.325 e. The number of nitrogens with one attached hydrogen (secondary N) is 1. The molecule has 1 aromatic carbocycles. The first-order chi connectivity index (χ1) is 9.84. The Morgan fingerprint density at radius 3 is 2.00 bits per heavy atom. The molecule has 0 aromatic heterocycles. The maximum absolute atomic E-state index is 12.0. The van der Waals surface area contributed by atoms with Gasteiger partial charge in [0.15, 0.2) is 0 Å². The van der Waals surface area contributed by atoms with Gasteiger partial charge in [0.05, 0.1) is 11.4 Å². The molecule has 108 valence electrons. The monoisotopic (exact) mass is 289 g/mol. The van der Waals surface area contributed by atoms with Crippen LogP contribution >= 0.6 is 0 Å². The van der Waals surface area contributed by atoms with Gasteiger partial charge in [-0.3, -0.25) is 28.9 Å². The van der Waals surface area contributed by atoms with Gasteiger partial charge in [0.25, 0.3) is 0 Å². The summed E-state index contributed by atoms with van der Waals surface area (Å²) in [7, 11) is 1.05. The topological polar surface area (TPSA) is 104 Å². The van der Waals surface area contributed by atoms with Crippen molar-refractivity contribution in [1.29, 1.82) is 0 Å². The molecule has 0 atom stereocenters. The third-order valence-electron chi connectivity index (χ3n) is 2.84. The van der Waals surface area contributed by atoms with Crippen LogP contribution in [-0.2, 0) is 24.0 Å². The van der Waals surface area contributed by atoms with E-state index in [1.807, 2.05) is 0 Å². The fraction of sp³-hybridized carbons (Fsp3) is 0.154. The van der Waals surface area contributed by atoms with Crippen molar-refractivity contribution in [2.75, 3.05) is 17.3 Å². The molecule has 1 N–H and O–H groups in total. The number of imide groups is 2. The van der Waals surface area contributed by atoms with Crippen LogP contribution in [0.2, 0.25) is 0 Å². The van der Waals surface area contributed by atoms with E-state index in [2.05, 4.69) is 5.32 Å². The number of rotatable bonds is 2. The molecule has 0 spiro atoms. The first-order valence-corrected chi connectivity index (χ1v) is 5.91. The lowest BCUT2D eigenvalue weighted by molar-refractivity contribution is -0.158. The molecule has 0 aliphatic carbocycles. The van der Waals surface area contributed by atoms with Gasteiger partial charge in [0.1, 0.15) is 0 Å². The van der Waals surface area contributed by atoms with E-state index in [-0.39, 0.29) is 11.4 Å². The minimum atomic E-state index is -1.15. The summed E-state index contributed by atoms with van der Waals surface area (Å²) in [6.07, 6.45) is 0. The zero-order valence-corrected chi connectivity index (χ0v) is 11.2. The molecule has 8 nitrogen and oxygen atoms in total. The van der Waals surface area contributed by atoms with Crippen molar-refractivity contribution < 1.29 is 24.0 Å². The Morgan fingerprint density at radius 2 is 1.48 bits per heavy atom. The number of amides is 5. The summed E-state index contributed by atoms with van der Waals surface area (Å²) in [5.41, 5.74) is 0.120. The second kappa shape index (κ2) is 5.16. The molecule has 1 saturated heterocycles. The highest BCUT2D eigenvalue weighted by Gasteiger charge is 2.44. The molecule has 0 bridgehead atoms. The number of hydrogen-bond acceptors (Lipinski definition) is 5. The highest BCUT2D eigenvalue weighted by molar-refractivity contribution is 6.62. The third-order valence-corrected chi connectivity index (χ3v) is 2.84. The van der Waals surface area contributed by atoms with E-state index in [1.165, 1.54) is 25.1 Å². The molecule has 0 radical (unpaired) electrons. The Labute approximate surface area is 119 Å². The van der Waals surface area contributed by atoms with Gasteiger partial charge < -0.3 is 5.32 Å². The number of nitrogens with zero attached hydrogens (tertiary/aromatic N) is 2. The molecule has 5 amide bonds. The van der Waals surface area contributed by atoms with Crippen molar-refractivity contribution in [2.24, 2.45) is 0 Å². The maximum atomic E-state index is 12.0. The zero-order chi connectivity index (χ0) is 15.7. The molecule has 0 unspecified atom stereocenters. The van der Waals surface area contributed by atoms with Crippen molar-refractivity contribution in [2.45, 2.75) is 6.92 Å². The van der Waals surface area contributed by atoms with E-state index in [0.29, 0.717) is 9.80 Å². The van der Waals surface area contributed by atoms with E-state index < -0.39 is 29.5 Å². The number of hydrogen-bond donors (Lipinski definition) is 1. The second-order valence-corrected chi connectivity index (χ2v) is 4.31. The maximum Gasteiger partial charge on any atom is 0.324 e. The zero-order valence-electron chi connectivity index (χ0n) is 11.2. The molecule has 21 heavy (non-hydrogen) atoms. The number of likely N-dealkylation sites (N-methyl/N-ethyl adjacent to an activating group) is 1. The summed E-state index contributed by atoms with van der Waals surface area (Å²) in [5.74, 6) is -4.96. The Hall–Kier alpha value is -3.03. The average molecular weight is 289 g/mol. The SMILES string of the molecule is CC(=O)Nc1ccccc1N1C(=O)C(=O)N(C)C(=O)C1=O. The van der Waals surface area contributed by atoms with Gasteiger partial charge in [-0.15, -0.1) is 0 Å². The Kier molecular flexibility index (Phi) is 3.53. The van der Waals surface area contributed by atoms with Crippen LogP contribution < -0.4 is 10.2 Å². The fourth-order valence-electron chi connectivity index (χ4n) is 1.85. The Morgan fingerprint density at radius 1 is 0.952 bits per heavy atom. The molecule has 1 heterocycles. The van der Waals surface area contributed by atoms with E-state index in [0.717, 1.165) is 7.05 Å². The number of piperazine rings is 1. The minimum Gasteiger partial charge on any atom is -0.325 e. The summed E-state index contributed by atoms with van der Waals surface area (Å²) in [6, 6.07) is 5.88. The van der Waals surface area contributed by atoms with E-state index in [9.17, 15) is 24.0 Å². The lowest BCUT2D eigenvalue weighted by Crippen LogP contribution is -2.59. The van der Waals surface area contributed by atoms with Crippen LogP contribution in [0.3, 0.4) is 0 Å². The van der Waals surface area contributed by atoms with Gasteiger partial charge >= 0.3 is 23.6 Å². The highest BCUT2D eigenvalue weighted by atomic mass is 16.2. The summed E-state index contributed by atoms with van der Waals surface area (Å²) in [5, 5.41) is 2.43. The third kappa shape index (κ3) is 2.38. The molecule has 1 aliphatic heterocycles. The first kappa shape index (κ1) is 14.4. The van der Waals surface area contributed by atoms with E-state index >= 15 is 0 Å². The van der Waals surface area contributed by atoms with Crippen LogP contribution in [0.25, 0.3) is 0 Å². The number of carbonyl (C=O) groups excluding carboxylic acids is 5. The summed E-state index contributed by atoms with van der Waals surface area (Å²) >= 11 is 0. The summed E-state index contributed by atoms with van der Waals surface area (Å²) < 4.78 is 0. The van der Waals surface area contributed by atoms with Crippen LogP contribution in [0.15, 0.2) is 24.3 Å². The van der Waals surface area contributed by atoms with Crippen LogP contribution in [0.1, 0.15) is 6.92 Å². The van der Waals surface area contributed by atoms with Gasteiger partial charge in [0.2, 0.25) is 5.91 Å². The second-order valence-electron chi connectivity index (χ2n) is 4.31. The van der Waals surface area contributed by atoms with Gasteiger partial charge in [-0.05, 0) is 12.1 Å². The van der Waals surface area contributed by atoms with Gasteiger partial charge in [-0.1, -0.05) is 12.1 Å². The Balaban J connectivity index is 2.52. The summed E-state index contributed by atoms with van der Waals surface area (Å²) in [4.78, 5) is 59.4. The molecule has 1 aromatic rings. The lowest BCUT2D eigenvalue weighted by atomic mass is 10.2. The standard InChI is InChI=1S/C13H11N3O5/c1-7(17)14-8-5-3-4-6-9(8)16-12(20)10(18)15(2)11(19)13(16)21/h3-6H,1-2H3,(H,14,17). The van der Waals surface area contributed by atoms with Crippen LogP contribution in [0.4, 0.5) is 11.4 Å². The van der Waals surface area contributed by atoms with Crippen LogP contribution in [0, 0.1) is 0 Å². The van der Waals surface area contributed by atoms with Crippen LogP contribution in [0.5, 0.6) is 0 Å². The van der Waals surface area contributed by atoms with Crippen molar-refractivity contribution >= 4 is 40.9 Å². The Bertz CT molecular complexity index is 654. The molecule has 8 heteroatoms. The van der Waals surface area contributed by atoms with E-state index in [1.54, 1.807) is 6.07 Å². The molecular formula is C13H11N3O5. The van der Waals surface area contributed by atoms with Crippen molar-refractivity contribution in [3.05, 3.63) is 24.3 Å². The van der Waals surface area contributed by atoms with Gasteiger partial charge in [-0.2, -0.15) is 0 Å². The number of carbonyl (C=O) groups is 5. The van der Waals surface area contributed by atoms with Crippen molar-refractivity contribution in [3.63, 3.8) is 0 Å². The predicted molar refractivity (Wildman–Crippen MR) is 71.0 cm³/mol. The fourth-order valence-corrected chi connectivity index (χ4v) is 1.85. The molecule has 0 saturated carbocycles. The summed E-state index contributed by atoms with van der Waals surface area (Å²) in [6.45, 7) is 1.25. The van der Waals surface area contributed by atoms with Gasteiger partial charge in [-0.25, -0.2) is 4.90 Å². The van der Waals surface area contributed by atoms with Gasteiger partial charge in [0, 0.05) is 14.0 Å². The highest BCUT2D eigenvalue weighted by Crippen LogP contribution is 2.27. The minimum absolute atomic E-state index is 0.0301. The van der Waals surface area contributed by atoms with E-state index in [4.69, 9.17) is 0 Å². The number of benzene rings is 1. The number of anilines is 2. The van der Waals surface area contributed by atoms with Crippen molar-refractivity contribution in [3.8, 4) is 0 Å². The molecule has 1 aliphatic rings. The number of para-hydroxylation sites is 2. The van der Waals surface area contributed by atoms with Crippen LogP contribution in [-0.4, -0.2) is 41.5 Å². The quantitative estimate of drug-likeness (QED) is 0.584. The van der Waals surface area contributed by atoms with Crippen molar-refractivity contribution in [1.82, 2.24) is 4.90 Å². The average Bonchev–Trinajstić information content (AvgIpc) is 2.44.